The van der Waals surface area contributed by atoms with E-state index in [9.17, 15) is 4.79 Å². The molecule has 0 saturated carbocycles. The van der Waals surface area contributed by atoms with Crippen LogP contribution in [0.2, 0.25) is 5.02 Å². The molecule has 26 heavy (non-hydrogen) atoms. The molecule has 0 radical (unpaired) electrons. The molecule has 130 valence electrons. The van der Waals surface area contributed by atoms with Crippen LogP contribution in [0.1, 0.15) is 11.1 Å². The van der Waals surface area contributed by atoms with Crippen molar-refractivity contribution < 1.29 is 28.5 Å². The van der Waals surface area contributed by atoms with Gasteiger partial charge in [0.25, 0.3) is 0 Å². The molecule has 0 amide bonds. The van der Waals surface area contributed by atoms with Crippen LogP contribution in [-0.2, 0) is 9.53 Å². The lowest BCUT2D eigenvalue weighted by Crippen LogP contribution is -2.05. The summed E-state index contributed by atoms with van der Waals surface area (Å²) in [5.41, 5.74) is 1.43. The Morgan fingerprint density at radius 2 is 1.77 bits per heavy atom. The highest BCUT2D eigenvalue weighted by atomic mass is 35.5. The summed E-state index contributed by atoms with van der Waals surface area (Å²) in [7, 11) is 0. The van der Waals surface area contributed by atoms with E-state index in [1.807, 2.05) is 0 Å². The Morgan fingerprint density at radius 3 is 2.69 bits per heavy atom. The number of hydrogen-bond donors (Lipinski definition) is 0. The van der Waals surface area contributed by atoms with Gasteiger partial charge >= 0.3 is 5.97 Å². The average Bonchev–Trinajstić information content (AvgIpc) is 3.34. The molecule has 5 rings (SSSR count). The maximum absolute atomic E-state index is 12.2. The van der Waals surface area contributed by atoms with Gasteiger partial charge < -0.3 is 23.7 Å². The Bertz CT molecular complexity index is 1010. The molecule has 0 bridgehead atoms. The number of fused-ring (bicyclic) bond motifs is 2. The summed E-state index contributed by atoms with van der Waals surface area (Å²) in [5, 5.41) is 0.401. The van der Waals surface area contributed by atoms with Gasteiger partial charge in [0.15, 0.2) is 28.7 Å². The van der Waals surface area contributed by atoms with Gasteiger partial charge in [-0.15, -0.1) is 0 Å². The zero-order valence-electron chi connectivity index (χ0n) is 13.2. The number of aliphatic imine (C=N–C) groups is 1. The first-order valence-electron chi connectivity index (χ1n) is 7.69. The van der Waals surface area contributed by atoms with Crippen LogP contribution in [0.5, 0.6) is 23.0 Å². The van der Waals surface area contributed by atoms with Gasteiger partial charge in [0, 0.05) is 5.56 Å². The van der Waals surface area contributed by atoms with Crippen molar-refractivity contribution in [1.82, 2.24) is 0 Å². The number of carbonyl (C=O) groups is 1. The van der Waals surface area contributed by atoms with Gasteiger partial charge in [-0.3, -0.25) is 0 Å². The van der Waals surface area contributed by atoms with Crippen LogP contribution in [0, 0.1) is 0 Å². The number of ether oxygens (including phenoxy) is 5. The van der Waals surface area contributed by atoms with E-state index in [4.69, 9.17) is 35.3 Å². The number of rotatable bonds is 2. The van der Waals surface area contributed by atoms with Crippen LogP contribution in [0.4, 0.5) is 0 Å². The van der Waals surface area contributed by atoms with Crippen LogP contribution in [0.25, 0.3) is 6.08 Å². The van der Waals surface area contributed by atoms with Crippen LogP contribution in [0.15, 0.2) is 41.0 Å². The molecule has 0 aliphatic carbocycles. The van der Waals surface area contributed by atoms with E-state index in [2.05, 4.69) is 4.99 Å². The Labute approximate surface area is 152 Å². The predicted octanol–water partition coefficient (Wildman–Crippen LogP) is 3.14. The van der Waals surface area contributed by atoms with E-state index in [0.29, 0.717) is 39.1 Å². The van der Waals surface area contributed by atoms with Gasteiger partial charge in [0.05, 0.1) is 5.02 Å². The van der Waals surface area contributed by atoms with Gasteiger partial charge in [-0.1, -0.05) is 11.6 Å². The molecular formula is C18H10ClNO6. The smallest absolute Gasteiger partial charge is 0.363 e. The lowest BCUT2D eigenvalue weighted by atomic mass is 10.1. The van der Waals surface area contributed by atoms with Crippen molar-refractivity contribution in [2.45, 2.75) is 0 Å². The molecule has 0 unspecified atom stereocenters. The summed E-state index contributed by atoms with van der Waals surface area (Å²) in [5.74, 6) is 1.89. The molecule has 0 atom stereocenters. The minimum Gasteiger partial charge on any atom is -0.454 e. The first-order chi connectivity index (χ1) is 12.7. The lowest BCUT2D eigenvalue weighted by molar-refractivity contribution is -0.129. The van der Waals surface area contributed by atoms with Crippen LogP contribution >= 0.6 is 11.6 Å². The van der Waals surface area contributed by atoms with E-state index in [1.54, 1.807) is 36.4 Å². The second-order valence-electron chi connectivity index (χ2n) is 5.64. The first-order valence-corrected chi connectivity index (χ1v) is 8.07. The lowest BCUT2D eigenvalue weighted by Gasteiger charge is -2.01. The molecule has 7 nitrogen and oxygen atoms in total. The Balaban J connectivity index is 1.49. The van der Waals surface area contributed by atoms with Crippen molar-refractivity contribution in [2.24, 2.45) is 4.99 Å². The minimum atomic E-state index is -0.550. The van der Waals surface area contributed by atoms with Crippen LogP contribution in [-0.4, -0.2) is 25.5 Å². The molecular weight excluding hydrogens is 362 g/mol. The zero-order chi connectivity index (χ0) is 17.7. The third-order valence-corrected chi connectivity index (χ3v) is 4.27. The maximum Gasteiger partial charge on any atom is 0.363 e. The third kappa shape index (κ3) is 2.44. The van der Waals surface area contributed by atoms with E-state index < -0.39 is 5.97 Å². The molecule has 0 aromatic heterocycles. The first kappa shape index (κ1) is 15.1. The van der Waals surface area contributed by atoms with E-state index in [1.165, 1.54) is 0 Å². The number of carbonyl (C=O) groups excluding carboxylic acids is 1. The summed E-state index contributed by atoms with van der Waals surface area (Å²) in [6.07, 6.45) is 1.58. The highest BCUT2D eigenvalue weighted by molar-refractivity contribution is 6.32. The molecule has 8 heteroatoms. The second kappa shape index (κ2) is 5.67. The average molecular weight is 372 g/mol. The number of hydrogen-bond acceptors (Lipinski definition) is 7. The third-order valence-electron chi connectivity index (χ3n) is 3.99. The molecule has 0 fully saturated rings. The molecule has 2 aromatic carbocycles. The summed E-state index contributed by atoms with van der Waals surface area (Å²) in [4.78, 5) is 16.4. The summed E-state index contributed by atoms with van der Waals surface area (Å²) >= 11 is 6.16. The summed E-state index contributed by atoms with van der Waals surface area (Å²) in [6, 6.07) is 8.61. The number of nitrogens with zero attached hydrogens (tertiary/aromatic N) is 1. The van der Waals surface area contributed by atoms with E-state index >= 15 is 0 Å². The Kier molecular flexibility index (Phi) is 3.29. The van der Waals surface area contributed by atoms with Crippen molar-refractivity contribution in [3.63, 3.8) is 0 Å². The summed E-state index contributed by atoms with van der Waals surface area (Å²) in [6.45, 7) is 0.282. The van der Waals surface area contributed by atoms with Crippen molar-refractivity contribution >= 4 is 29.5 Å². The van der Waals surface area contributed by atoms with E-state index in [0.717, 1.165) is 0 Å². The second-order valence-corrected chi connectivity index (χ2v) is 6.05. The van der Waals surface area contributed by atoms with Crippen molar-refractivity contribution in [1.29, 1.82) is 0 Å². The zero-order valence-corrected chi connectivity index (χ0v) is 13.9. The molecule has 3 aliphatic heterocycles. The molecule has 0 saturated heterocycles. The molecule has 0 N–H and O–H groups in total. The van der Waals surface area contributed by atoms with Gasteiger partial charge in [-0.2, -0.15) is 0 Å². The van der Waals surface area contributed by atoms with Crippen LogP contribution in [0.3, 0.4) is 0 Å². The number of halogens is 1. The number of benzene rings is 2. The van der Waals surface area contributed by atoms with Gasteiger partial charge in [-0.05, 0) is 42.0 Å². The standard InChI is InChI=1S/C18H10ClNO6/c19-11-3-9(5-15-16(11)25-8-24-15)4-12-18(21)26-17(20-12)10-1-2-13-14(6-10)23-7-22-13/h1-6H,7-8H2/b12-4-. The monoisotopic (exact) mass is 371 g/mol. The highest BCUT2D eigenvalue weighted by Gasteiger charge is 2.26. The minimum absolute atomic E-state index is 0.115. The Hall–Kier alpha value is -3.19. The van der Waals surface area contributed by atoms with Crippen molar-refractivity contribution in [3.8, 4) is 23.0 Å². The topological polar surface area (TPSA) is 75.6 Å². The van der Waals surface area contributed by atoms with Gasteiger partial charge in [0.2, 0.25) is 19.5 Å². The largest absolute Gasteiger partial charge is 0.454 e. The highest BCUT2D eigenvalue weighted by Crippen LogP contribution is 2.40. The maximum atomic E-state index is 12.2. The van der Waals surface area contributed by atoms with Crippen molar-refractivity contribution in [3.05, 3.63) is 52.2 Å². The normalized spacial score (nSPS) is 18.3. The van der Waals surface area contributed by atoms with Gasteiger partial charge in [0.1, 0.15) is 0 Å². The van der Waals surface area contributed by atoms with Gasteiger partial charge in [-0.25, -0.2) is 9.79 Å². The predicted molar refractivity (Wildman–Crippen MR) is 90.7 cm³/mol. The van der Waals surface area contributed by atoms with E-state index in [-0.39, 0.29) is 25.2 Å². The molecule has 0 spiro atoms. The number of esters is 1. The molecule has 3 aliphatic rings. The SMILES string of the molecule is O=C1OC(c2ccc3c(c2)OCO3)=N/C1=C\c1cc(Cl)c2c(c1)OCO2. The fourth-order valence-electron chi connectivity index (χ4n) is 2.79. The fourth-order valence-corrected chi connectivity index (χ4v) is 3.06. The van der Waals surface area contributed by atoms with Crippen molar-refractivity contribution in [2.75, 3.05) is 13.6 Å². The fraction of sp³-hybridized carbons (Fsp3) is 0.111. The molecule has 3 heterocycles. The van der Waals surface area contributed by atoms with Crippen LogP contribution < -0.4 is 18.9 Å². The summed E-state index contributed by atoms with van der Waals surface area (Å²) < 4.78 is 26.5. The Morgan fingerprint density at radius 1 is 0.962 bits per heavy atom. The molecule has 2 aromatic rings. The number of cyclic esters (lactones) is 1. The quantitative estimate of drug-likeness (QED) is 0.596.